The number of aromatic nitrogens is 3. The summed E-state index contributed by atoms with van der Waals surface area (Å²) in [6, 6.07) is 7.35. The predicted octanol–water partition coefficient (Wildman–Crippen LogP) is 3.12. The number of halogens is 1. The van der Waals surface area contributed by atoms with E-state index < -0.39 is 0 Å². The van der Waals surface area contributed by atoms with Gasteiger partial charge in [0.2, 0.25) is 5.82 Å². The van der Waals surface area contributed by atoms with E-state index in [0.29, 0.717) is 11.5 Å². The zero-order valence-corrected chi connectivity index (χ0v) is 12.6. The molecular weight excluding hydrogens is 308 g/mol. The number of hydrogen-bond acceptors (Lipinski definition) is 3. The van der Waals surface area contributed by atoms with Crippen LogP contribution in [0.1, 0.15) is 37.2 Å². The third-order valence-corrected chi connectivity index (χ3v) is 2.97. The van der Waals surface area contributed by atoms with E-state index in [1.54, 1.807) is 6.07 Å². The van der Waals surface area contributed by atoms with Crippen LogP contribution in [0.3, 0.4) is 0 Å². The van der Waals surface area contributed by atoms with E-state index >= 15 is 0 Å². The van der Waals surface area contributed by atoms with Crippen LogP contribution in [0.5, 0.6) is 0 Å². The first-order valence-corrected chi connectivity index (χ1v) is 6.65. The van der Waals surface area contributed by atoms with Gasteiger partial charge in [0.05, 0.1) is 0 Å². The molecule has 0 saturated carbocycles. The van der Waals surface area contributed by atoms with Crippen LogP contribution in [0.15, 0.2) is 28.7 Å². The Morgan fingerprint density at radius 2 is 2.11 bits per heavy atom. The number of hydrogen-bond donors (Lipinski definition) is 2. The quantitative estimate of drug-likeness (QED) is 0.892. The minimum absolute atomic E-state index is 0.143. The number of benzene rings is 1. The molecular formula is C13H15BrN4O. The molecule has 0 bridgehead atoms. The molecule has 0 fully saturated rings. The highest BCUT2D eigenvalue weighted by atomic mass is 79.9. The van der Waals surface area contributed by atoms with Gasteiger partial charge in [-0.3, -0.25) is 9.89 Å². The summed E-state index contributed by atoms with van der Waals surface area (Å²) in [6.45, 7) is 6.01. The maximum absolute atomic E-state index is 12.0. The average Bonchev–Trinajstić information content (AvgIpc) is 2.77. The first-order valence-electron chi connectivity index (χ1n) is 5.86. The van der Waals surface area contributed by atoms with Crippen LogP contribution >= 0.6 is 15.9 Å². The number of rotatable bonds is 2. The highest BCUT2D eigenvalue weighted by Gasteiger charge is 2.21. The first kappa shape index (κ1) is 13.7. The second-order valence-corrected chi connectivity index (χ2v) is 6.14. The number of carbonyl (C=O) groups excluding carboxylic acids is 1. The lowest BCUT2D eigenvalue weighted by Gasteiger charge is -2.12. The molecule has 1 heterocycles. The van der Waals surface area contributed by atoms with E-state index in [-0.39, 0.29) is 17.1 Å². The van der Waals surface area contributed by atoms with Gasteiger partial charge in [-0.15, -0.1) is 5.10 Å². The number of H-pyrrole nitrogens is 1. The topological polar surface area (TPSA) is 70.7 Å². The number of nitrogens with one attached hydrogen (secondary N) is 2. The van der Waals surface area contributed by atoms with Crippen molar-refractivity contribution in [1.82, 2.24) is 15.2 Å². The van der Waals surface area contributed by atoms with Crippen LogP contribution in [0.4, 0.5) is 5.69 Å². The van der Waals surface area contributed by atoms with E-state index in [1.165, 1.54) is 0 Å². The number of anilines is 1. The molecule has 0 spiro atoms. The number of nitrogens with zero attached hydrogens (tertiary/aromatic N) is 2. The fraction of sp³-hybridized carbons (Fsp3) is 0.308. The minimum atomic E-state index is -0.329. The van der Waals surface area contributed by atoms with Crippen LogP contribution in [-0.4, -0.2) is 21.1 Å². The first-order chi connectivity index (χ1) is 8.86. The molecule has 1 aromatic carbocycles. The van der Waals surface area contributed by atoms with Crippen molar-refractivity contribution in [3.63, 3.8) is 0 Å². The van der Waals surface area contributed by atoms with E-state index in [2.05, 4.69) is 36.4 Å². The fourth-order valence-electron chi connectivity index (χ4n) is 1.45. The van der Waals surface area contributed by atoms with Crippen molar-refractivity contribution >= 4 is 27.5 Å². The van der Waals surface area contributed by atoms with Gasteiger partial charge in [0.25, 0.3) is 5.91 Å². The summed E-state index contributed by atoms with van der Waals surface area (Å²) in [5.74, 6) is 0.502. The van der Waals surface area contributed by atoms with Gasteiger partial charge in [-0.25, -0.2) is 4.98 Å². The van der Waals surface area contributed by atoms with Gasteiger partial charge in [-0.2, -0.15) is 0 Å². The van der Waals surface area contributed by atoms with E-state index in [4.69, 9.17) is 0 Å². The molecule has 0 aliphatic rings. The zero-order valence-electron chi connectivity index (χ0n) is 11.0. The molecule has 5 nitrogen and oxygen atoms in total. The van der Waals surface area contributed by atoms with E-state index in [1.807, 2.05) is 39.0 Å². The molecule has 2 aromatic rings. The molecule has 0 aliphatic heterocycles. The van der Waals surface area contributed by atoms with Gasteiger partial charge in [0.1, 0.15) is 5.82 Å². The average molecular weight is 323 g/mol. The predicted molar refractivity (Wildman–Crippen MR) is 77.2 cm³/mol. The maximum Gasteiger partial charge on any atom is 0.295 e. The monoisotopic (exact) mass is 322 g/mol. The molecule has 0 atom stereocenters. The highest BCUT2D eigenvalue weighted by Crippen LogP contribution is 2.18. The van der Waals surface area contributed by atoms with Gasteiger partial charge < -0.3 is 5.32 Å². The van der Waals surface area contributed by atoms with Gasteiger partial charge in [-0.05, 0) is 18.2 Å². The molecule has 100 valence electrons. The number of carbonyl (C=O) groups is 1. The fourth-order valence-corrected chi connectivity index (χ4v) is 1.85. The molecule has 1 amide bonds. The second kappa shape index (κ2) is 5.13. The third-order valence-electron chi connectivity index (χ3n) is 2.48. The summed E-state index contributed by atoms with van der Waals surface area (Å²) in [5.41, 5.74) is 0.530. The summed E-state index contributed by atoms with van der Waals surface area (Å²) in [7, 11) is 0. The van der Waals surface area contributed by atoms with Crippen molar-refractivity contribution in [3.8, 4) is 0 Å². The van der Waals surface area contributed by atoms with Gasteiger partial charge in [-0.1, -0.05) is 42.8 Å². The van der Waals surface area contributed by atoms with E-state index in [0.717, 1.165) is 4.47 Å². The molecule has 0 unspecified atom stereocenters. The Hall–Kier alpha value is -1.69. The normalized spacial score (nSPS) is 11.4. The smallest absolute Gasteiger partial charge is 0.295 e. The molecule has 0 aliphatic carbocycles. The van der Waals surface area contributed by atoms with Gasteiger partial charge >= 0.3 is 0 Å². The summed E-state index contributed by atoms with van der Waals surface area (Å²) in [6.07, 6.45) is 0. The van der Waals surface area contributed by atoms with E-state index in [9.17, 15) is 4.79 Å². The standard InChI is InChI=1S/C13H15BrN4O/c1-13(2,3)12-16-10(17-18-12)11(19)15-9-6-4-5-8(14)7-9/h4-7H,1-3H3,(H,15,19)(H,16,17,18). The Morgan fingerprint density at radius 1 is 1.37 bits per heavy atom. The SMILES string of the molecule is CC(C)(C)c1nc(C(=O)Nc2cccc(Br)c2)n[nH]1. The van der Waals surface area contributed by atoms with Crippen molar-refractivity contribution in [3.05, 3.63) is 40.4 Å². The van der Waals surface area contributed by atoms with Gasteiger partial charge in [0, 0.05) is 15.6 Å². The maximum atomic E-state index is 12.0. The Balaban J connectivity index is 2.14. The van der Waals surface area contributed by atoms with Crippen LogP contribution in [0.25, 0.3) is 0 Å². The van der Waals surface area contributed by atoms with Crippen molar-refractivity contribution in [2.24, 2.45) is 0 Å². The van der Waals surface area contributed by atoms with Crippen LogP contribution < -0.4 is 5.32 Å². The Kier molecular flexibility index (Phi) is 3.71. The van der Waals surface area contributed by atoms with Crippen molar-refractivity contribution in [2.45, 2.75) is 26.2 Å². The van der Waals surface area contributed by atoms with Crippen molar-refractivity contribution < 1.29 is 4.79 Å². The lowest BCUT2D eigenvalue weighted by atomic mass is 9.96. The van der Waals surface area contributed by atoms with Crippen molar-refractivity contribution in [2.75, 3.05) is 5.32 Å². The van der Waals surface area contributed by atoms with Gasteiger partial charge in [0.15, 0.2) is 0 Å². The second-order valence-electron chi connectivity index (χ2n) is 5.22. The molecule has 2 rings (SSSR count). The lowest BCUT2D eigenvalue weighted by molar-refractivity contribution is 0.101. The summed E-state index contributed by atoms with van der Waals surface area (Å²) >= 11 is 3.35. The Labute approximate surface area is 120 Å². The minimum Gasteiger partial charge on any atom is -0.319 e. The summed E-state index contributed by atoms with van der Waals surface area (Å²) in [5, 5.41) is 9.48. The molecule has 19 heavy (non-hydrogen) atoms. The Morgan fingerprint density at radius 3 is 2.68 bits per heavy atom. The largest absolute Gasteiger partial charge is 0.319 e. The lowest BCUT2D eigenvalue weighted by Crippen LogP contribution is -2.16. The number of aromatic amines is 1. The molecule has 0 saturated heterocycles. The number of amides is 1. The highest BCUT2D eigenvalue weighted by molar-refractivity contribution is 9.10. The van der Waals surface area contributed by atoms with Crippen LogP contribution in [0, 0.1) is 0 Å². The van der Waals surface area contributed by atoms with Crippen LogP contribution in [0.2, 0.25) is 0 Å². The van der Waals surface area contributed by atoms with Crippen LogP contribution in [-0.2, 0) is 5.41 Å². The molecule has 1 aromatic heterocycles. The molecule has 6 heteroatoms. The molecule has 2 N–H and O–H groups in total. The summed E-state index contributed by atoms with van der Waals surface area (Å²) < 4.78 is 0.899. The Bertz CT molecular complexity index is 601. The van der Waals surface area contributed by atoms with Crippen molar-refractivity contribution in [1.29, 1.82) is 0 Å². The summed E-state index contributed by atoms with van der Waals surface area (Å²) in [4.78, 5) is 16.2. The zero-order chi connectivity index (χ0) is 14.0. The third kappa shape index (κ3) is 3.41. The molecule has 0 radical (unpaired) electrons.